The summed E-state index contributed by atoms with van der Waals surface area (Å²) in [6, 6.07) is 2.21. The van der Waals surface area contributed by atoms with Crippen LogP contribution >= 0.6 is 0 Å². The van der Waals surface area contributed by atoms with E-state index in [0.29, 0.717) is 12.0 Å². The van der Waals surface area contributed by atoms with Crippen LogP contribution in [0.1, 0.15) is 43.8 Å². The van der Waals surface area contributed by atoms with Gasteiger partial charge in [0.2, 0.25) is 0 Å². The Labute approximate surface area is 128 Å². The van der Waals surface area contributed by atoms with Crippen LogP contribution < -0.4 is 5.32 Å². The third-order valence-corrected chi connectivity index (χ3v) is 4.47. The first-order valence-electron chi connectivity index (χ1n) is 8.18. The zero-order chi connectivity index (χ0) is 15.2. The number of furan rings is 1. The molecule has 21 heavy (non-hydrogen) atoms. The fourth-order valence-corrected chi connectivity index (χ4v) is 3.01. The zero-order valence-corrected chi connectivity index (χ0v) is 13.9. The largest absolute Gasteiger partial charge is 0.465 e. The van der Waals surface area contributed by atoms with Gasteiger partial charge in [-0.05, 0) is 44.8 Å². The summed E-state index contributed by atoms with van der Waals surface area (Å²) in [6.07, 6.45) is 2.71. The zero-order valence-electron chi connectivity index (χ0n) is 13.9. The average molecular weight is 294 g/mol. The fourth-order valence-electron chi connectivity index (χ4n) is 3.01. The van der Waals surface area contributed by atoms with Crippen molar-refractivity contribution in [2.45, 2.75) is 52.8 Å². The molecule has 1 aliphatic rings. The van der Waals surface area contributed by atoms with E-state index >= 15 is 0 Å². The summed E-state index contributed by atoms with van der Waals surface area (Å²) in [4.78, 5) is 2.44. The van der Waals surface area contributed by atoms with Gasteiger partial charge < -0.3 is 14.5 Å². The maximum Gasteiger partial charge on any atom is 0.118 e. The number of aryl methyl sites for hydroxylation is 1. The number of ether oxygens (including phenoxy) is 1. The number of hydrogen-bond acceptors (Lipinski definition) is 4. The molecule has 1 N–H and O–H groups in total. The van der Waals surface area contributed by atoms with Crippen LogP contribution in [0.15, 0.2) is 10.5 Å². The first kappa shape index (κ1) is 16.5. The van der Waals surface area contributed by atoms with Gasteiger partial charge in [0, 0.05) is 25.8 Å². The van der Waals surface area contributed by atoms with Crippen molar-refractivity contribution in [2.75, 3.05) is 26.7 Å². The van der Waals surface area contributed by atoms with E-state index in [1.807, 2.05) is 7.11 Å². The van der Waals surface area contributed by atoms with Crippen LogP contribution in [0, 0.1) is 12.8 Å². The average Bonchev–Trinajstić information content (AvgIpc) is 2.81. The number of methoxy groups -OCH3 is 1. The molecular formula is C17H30N2O2. The normalized spacial score (nSPS) is 23.6. The van der Waals surface area contributed by atoms with Crippen molar-refractivity contribution in [3.63, 3.8) is 0 Å². The molecule has 2 heterocycles. The molecule has 0 spiro atoms. The highest BCUT2D eigenvalue weighted by atomic mass is 16.5. The minimum absolute atomic E-state index is 0.348. The second-order valence-electron chi connectivity index (χ2n) is 6.25. The molecule has 1 aliphatic heterocycles. The molecule has 2 unspecified atom stereocenters. The second-order valence-corrected chi connectivity index (χ2v) is 6.25. The lowest BCUT2D eigenvalue weighted by molar-refractivity contribution is -0.00921. The number of rotatable bonds is 7. The van der Waals surface area contributed by atoms with Gasteiger partial charge in [0.25, 0.3) is 0 Å². The first-order valence-corrected chi connectivity index (χ1v) is 8.18. The van der Waals surface area contributed by atoms with Crippen molar-refractivity contribution in [3.8, 4) is 0 Å². The lowest BCUT2D eigenvalue weighted by Gasteiger charge is -2.35. The lowest BCUT2D eigenvalue weighted by Crippen LogP contribution is -2.43. The summed E-state index contributed by atoms with van der Waals surface area (Å²) < 4.78 is 11.5. The molecule has 0 aliphatic carbocycles. The highest BCUT2D eigenvalue weighted by Gasteiger charge is 2.26. The predicted molar refractivity (Wildman–Crippen MR) is 85.3 cm³/mol. The van der Waals surface area contributed by atoms with Crippen molar-refractivity contribution < 1.29 is 9.15 Å². The third kappa shape index (κ3) is 4.56. The summed E-state index contributed by atoms with van der Waals surface area (Å²) in [7, 11) is 1.82. The van der Waals surface area contributed by atoms with E-state index in [-0.39, 0.29) is 0 Å². The quantitative estimate of drug-likeness (QED) is 0.785. The molecule has 0 aromatic carbocycles. The van der Waals surface area contributed by atoms with E-state index < -0.39 is 0 Å². The Kier molecular flexibility index (Phi) is 6.27. The number of nitrogens with one attached hydrogen (secondary N) is 1. The standard InChI is InChI=1S/C17H30N2O2/c1-5-7-18-10-15-9-16(21-14(15)3)11-19-8-6-13(2)17(12-19)20-4/h9,13,17-18H,5-8,10-12H2,1-4H3. The van der Waals surface area contributed by atoms with Gasteiger partial charge in [0.05, 0.1) is 12.6 Å². The summed E-state index contributed by atoms with van der Waals surface area (Å²) in [6.45, 7) is 11.5. The predicted octanol–water partition coefficient (Wildman–Crippen LogP) is 2.94. The maximum atomic E-state index is 5.92. The molecule has 4 nitrogen and oxygen atoms in total. The third-order valence-electron chi connectivity index (χ3n) is 4.47. The number of hydrogen-bond donors (Lipinski definition) is 1. The molecule has 4 heteroatoms. The number of piperidine rings is 1. The molecule has 0 amide bonds. The molecule has 1 fully saturated rings. The smallest absolute Gasteiger partial charge is 0.118 e. The summed E-state index contributed by atoms with van der Waals surface area (Å²) in [5, 5.41) is 3.44. The summed E-state index contributed by atoms with van der Waals surface area (Å²) in [5.74, 6) is 2.77. The lowest BCUT2D eigenvalue weighted by atomic mass is 9.96. The monoisotopic (exact) mass is 294 g/mol. The fraction of sp³-hybridized carbons (Fsp3) is 0.765. The molecule has 0 radical (unpaired) electrons. The Hall–Kier alpha value is -0.840. The summed E-state index contributed by atoms with van der Waals surface area (Å²) in [5.41, 5.74) is 1.28. The Morgan fingerprint density at radius 1 is 1.48 bits per heavy atom. The van der Waals surface area contributed by atoms with E-state index in [9.17, 15) is 0 Å². The van der Waals surface area contributed by atoms with Gasteiger partial charge in [-0.3, -0.25) is 4.90 Å². The molecule has 120 valence electrons. The van der Waals surface area contributed by atoms with Crippen molar-refractivity contribution in [2.24, 2.45) is 5.92 Å². The van der Waals surface area contributed by atoms with Crippen molar-refractivity contribution >= 4 is 0 Å². The molecule has 2 rings (SSSR count). The minimum atomic E-state index is 0.348. The highest BCUT2D eigenvalue weighted by Crippen LogP contribution is 2.22. The Bertz CT molecular complexity index is 430. The van der Waals surface area contributed by atoms with Gasteiger partial charge in [-0.1, -0.05) is 13.8 Å². The molecule has 2 atom stereocenters. The van der Waals surface area contributed by atoms with Crippen molar-refractivity contribution in [1.82, 2.24) is 10.2 Å². The SMILES string of the molecule is CCCNCc1cc(CN2CCC(C)C(OC)C2)oc1C. The Morgan fingerprint density at radius 2 is 2.29 bits per heavy atom. The topological polar surface area (TPSA) is 37.6 Å². The van der Waals surface area contributed by atoms with Crippen LogP contribution in [-0.2, 0) is 17.8 Å². The van der Waals surface area contributed by atoms with Gasteiger partial charge in [-0.2, -0.15) is 0 Å². The second kappa shape index (κ2) is 7.97. The Balaban J connectivity index is 1.89. The van der Waals surface area contributed by atoms with Crippen LogP contribution in [0.2, 0.25) is 0 Å². The van der Waals surface area contributed by atoms with Crippen LogP contribution in [-0.4, -0.2) is 37.7 Å². The molecule has 1 aromatic heterocycles. The molecule has 0 saturated carbocycles. The number of likely N-dealkylation sites (tertiary alicyclic amines) is 1. The van der Waals surface area contributed by atoms with Gasteiger partial charge >= 0.3 is 0 Å². The van der Waals surface area contributed by atoms with E-state index in [4.69, 9.17) is 9.15 Å². The number of nitrogens with zero attached hydrogens (tertiary/aromatic N) is 1. The molecule has 1 saturated heterocycles. The highest BCUT2D eigenvalue weighted by molar-refractivity contribution is 5.20. The van der Waals surface area contributed by atoms with Crippen LogP contribution in [0.5, 0.6) is 0 Å². The molecule has 1 aromatic rings. The Morgan fingerprint density at radius 3 is 3.00 bits per heavy atom. The van der Waals surface area contributed by atoms with Gasteiger partial charge in [-0.15, -0.1) is 0 Å². The van der Waals surface area contributed by atoms with Crippen LogP contribution in [0.3, 0.4) is 0 Å². The van der Waals surface area contributed by atoms with E-state index in [0.717, 1.165) is 50.7 Å². The van der Waals surface area contributed by atoms with E-state index in [1.165, 1.54) is 12.0 Å². The van der Waals surface area contributed by atoms with E-state index in [1.54, 1.807) is 0 Å². The first-order chi connectivity index (χ1) is 10.1. The minimum Gasteiger partial charge on any atom is -0.465 e. The van der Waals surface area contributed by atoms with Crippen LogP contribution in [0.4, 0.5) is 0 Å². The van der Waals surface area contributed by atoms with Gasteiger partial charge in [0.15, 0.2) is 0 Å². The van der Waals surface area contributed by atoms with Gasteiger partial charge in [0.1, 0.15) is 11.5 Å². The van der Waals surface area contributed by atoms with Crippen molar-refractivity contribution in [1.29, 1.82) is 0 Å². The van der Waals surface area contributed by atoms with Gasteiger partial charge in [-0.25, -0.2) is 0 Å². The summed E-state index contributed by atoms with van der Waals surface area (Å²) >= 11 is 0. The molecule has 0 bridgehead atoms. The van der Waals surface area contributed by atoms with Crippen molar-refractivity contribution in [3.05, 3.63) is 23.2 Å². The maximum absolute atomic E-state index is 5.92. The van der Waals surface area contributed by atoms with E-state index in [2.05, 4.69) is 37.1 Å². The molecular weight excluding hydrogens is 264 g/mol. The van der Waals surface area contributed by atoms with Crippen LogP contribution in [0.25, 0.3) is 0 Å².